The highest BCUT2D eigenvalue weighted by Crippen LogP contribution is 2.38. The minimum atomic E-state index is 0.0846. The molecule has 3 aliphatic rings. The first-order valence-corrected chi connectivity index (χ1v) is 11.4. The molecular formula is C24H35N3O3. The normalized spacial score (nSPS) is 27.1. The summed E-state index contributed by atoms with van der Waals surface area (Å²) in [5, 5.41) is 3.01. The predicted molar refractivity (Wildman–Crippen MR) is 116 cm³/mol. The van der Waals surface area contributed by atoms with Crippen LogP contribution in [0.1, 0.15) is 44.6 Å². The molecule has 2 heterocycles. The van der Waals surface area contributed by atoms with Crippen molar-refractivity contribution in [2.24, 2.45) is 17.8 Å². The van der Waals surface area contributed by atoms with E-state index in [1.807, 2.05) is 17.0 Å². The summed E-state index contributed by atoms with van der Waals surface area (Å²) in [7, 11) is 2.18. The second-order valence-corrected chi connectivity index (χ2v) is 9.56. The van der Waals surface area contributed by atoms with Gasteiger partial charge in [-0.15, -0.1) is 0 Å². The lowest BCUT2D eigenvalue weighted by atomic mass is 9.89. The Bertz CT molecular complexity index is 743. The third-order valence-electron chi connectivity index (χ3n) is 7.30. The summed E-state index contributed by atoms with van der Waals surface area (Å²) >= 11 is 0. The second kappa shape index (κ2) is 9.38. The number of benzene rings is 1. The van der Waals surface area contributed by atoms with E-state index < -0.39 is 0 Å². The van der Waals surface area contributed by atoms with Crippen molar-refractivity contribution in [3.05, 3.63) is 29.8 Å². The zero-order valence-corrected chi connectivity index (χ0v) is 18.3. The van der Waals surface area contributed by atoms with Crippen molar-refractivity contribution in [3.8, 4) is 5.75 Å². The number of nitrogens with one attached hydrogen (secondary N) is 1. The fourth-order valence-electron chi connectivity index (χ4n) is 5.20. The summed E-state index contributed by atoms with van der Waals surface area (Å²) in [6.45, 7) is 5.79. The number of hydrogen-bond donors (Lipinski definition) is 1. The van der Waals surface area contributed by atoms with Gasteiger partial charge in [-0.3, -0.25) is 14.5 Å². The van der Waals surface area contributed by atoms with Crippen LogP contribution in [0.5, 0.6) is 5.75 Å². The van der Waals surface area contributed by atoms with Crippen LogP contribution in [0.15, 0.2) is 24.3 Å². The first kappa shape index (κ1) is 21.2. The summed E-state index contributed by atoms with van der Waals surface area (Å²) in [4.78, 5) is 28.3. The van der Waals surface area contributed by atoms with Crippen molar-refractivity contribution in [3.63, 3.8) is 0 Å². The van der Waals surface area contributed by atoms with E-state index in [2.05, 4.69) is 36.3 Å². The molecule has 1 aromatic carbocycles. The van der Waals surface area contributed by atoms with E-state index in [1.54, 1.807) is 0 Å². The predicted octanol–water partition coefficient (Wildman–Crippen LogP) is 2.67. The van der Waals surface area contributed by atoms with Gasteiger partial charge < -0.3 is 15.0 Å². The number of carbonyl (C=O) groups excluding carboxylic acids is 2. The SMILES string of the molecule is CC1CCN(C(=O)COc2ccc(CN(C)[C@H]3C[C@H]4CNC(=O)C[C@H]4C3)cc2)CC1. The molecule has 1 saturated carbocycles. The standard InChI is InChI=1S/C24H35N3O3/c1-17-7-9-27(10-8-17)24(29)16-30-22-5-3-18(4-6-22)15-26(2)21-11-19-13-23(28)25-14-20(19)12-21/h3-6,17,19-21H,7-16H2,1-2H3,(H,25,28)/t19-,20+,21-/m1/s1. The summed E-state index contributed by atoms with van der Waals surface area (Å²) < 4.78 is 5.74. The fourth-order valence-corrected chi connectivity index (χ4v) is 5.20. The lowest BCUT2D eigenvalue weighted by Gasteiger charge is -2.30. The van der Waals surface area contributed by atoms with Crippen molar-refractivity contribution in [1.29, 1.82) is 0 Å². The van der Waals surface area contributed by atoms with Crippen LogP contribution in [-0.4, -0.2) is 60.9 Å². The maximum atomic E-state index is 12.3. The minimum absolute atomic E-state index is 0.0846. The van der Waals surface area contributed by atoms with E-state index in [0.717, 1.165) is 51.2 Å². The highest BCUT2D eigenvalue weighted by Gasteiger charge is 2.39. The van der Waals surface area contributed by atoms with Crippen molar-refractivity contribution in [2.75, 3.05) is 33.3 Å². The number of rotatable bonds is 6. The summed E-state index contributed by atoms with van der Waals surface area (Å²) in [6, 6.07) is 8.64. The molecule has 1 N–H and O–H groups in total. The van der Waals surface area contributed by atoms with Crippen LogP contribution in [0.3, 0.4) is 0 Å². The zero-order chi connectivity index (χ0) is 21.1. The van der Waals surface area contributed by atoms with Gasteiger partial charge in [0.2, 0.25) is 5.91 Å². The van der Waals surface area contributed by atoms with Crippen molar-refractivity contribution >= 4 is 11.8 Å². The second-order valence-electron chi connectivity index (χ2n) is 9.56. The van der Waals surface area contributed by atoms with Gasteiger partial charge in [0.25, 0.3) is 5.91 Å². The van der Waals surface area contributed by atoms with Crippen LogP contribution in [-0.2, 0) is 16.1 Å². The fraction of sp³-hybridized carbons (Fsp3) is 0.667. The lowest BCUT2D eigenvalue weighted by molar-refractivity contribution is -0.134. The van der Waals surface area contributed by atoms with Crippen molar-refractivity contribution in [1.82, 2.24) is 15.1 Å². The number of piperidine rings is 2. The van der Waals surface area contributed by atoms with E-state index in [4.69, 9.17) is 4.74 Å². The molecule has 0 unspecified atom stereocenters. The summed E-state index contributed by atoms with van der Waals surface area (Å²) in [5.41, 5.74) is 1.24. The van der Waals surface area contributed by atoms with Gasteiger partial charge in [0, 0.05) is 38.6 Å². The Balaban J connectivity index is 1.23. The van der Waals surface area contributed by atoms with E-state index >= 15 is 0 Å². The molecule has 4 rings (SSSR count). The molecule has 164 valence electrons. The van der Waals surface area contributed by atoms with Gasteiger partial charge >= 0.3 is 0 Å². The molecule has 6 nitrogen and oxygen atoms in total. The molecule has 0 bridgehead atoms. The van der Waals surface area contributed by atoms with Crippen molar-refractivity contribution in [2.45, 2.75) is 51.6 Å². The number of hydrogen-bond acceptors (Lipinski definition) is 4. The molecule has 3 atom stereocenters. The van der Waals surface area contributed by atoms with E-state index in [9.17, 15) is 9.59 Å². The zero-order valence-electron chi connectivity index (χ0n) is 18.3. The molecule has 0 radical (unpaired) electrons. The van der Waals surface area contributed by atoms with E-state index in [0.29, 0.717) is 30.2 Å². The van der Waals surface area contributed by atoms with Crippen LogP contribution < -0.4 is 10.1 Å². The van der Waals surface area contributed by atoms with Crippen LogP contribution >= 0.6 is 0 Å². The lowest BCUT2D eigenvalue weighted by Crippen LogP contribution is -2.40. The molecule has 30 heavy (non-hydrogen) atoms. The first-order valence-electron chi connectivity index (χ1n) is 11.4. The van der Waals surface area contributed by atoms with Gasteiger partial charge in [-0.05, 0) is 68.2 Å². The summed E-state index contributed by atoms with van der Waals surface area (Å²) in [5.74, 6) is 2.93. The maximum Gasteiger partial charge on any atom is 0.260 e. The Morgan fingerprint density at radius 2 is 1.87 bits per heavy atom. The molecule has 2 saturated heterocycles. The van der Waals surface area contributed by atoms with Crippen LogP contribution in [0.4, 0.5) is 0 Å². The first-order chi connectivity index (χ1) is 14.5. The molecule has 2 amide bonds. The van der Waals surface area contributed by atoms with Crippen LogP contribution in [0.25, 0.3) is 0 Å². The van der Waals surface area contributed by atoms with Gasteiger partial charge in [0.1, 0.15) is 5.75 Å². The van der Waals surface area contributed by atoms with E-state index in [1.165, 1.54) is 12.0 Å². The number of ether oxygens (including phenoxy) is 1. The smallest absolute Gasteiger partial charge is 0.260 e. The average molecular weight is 414 g/mol. The number of carbonyl (C=O) groups is 2. The number of amides is 2. The topological polar surface area (TPSA) is 61.9 Å². The third kappa shape index (κ3) is 5.15. The number of fused-ring (bicyclic) bond motifs is 1. The molecule has 1 aliphatic carbocycles. The largest absolute Gasteiger partial charge is 0.484 e. The number of nitrogens with zero attached hydrogens (tertiary/aromatic N) is 2. The Labute approximate surface area is 179 Å². The Morgan fingerprint density at radius 3 is 2.60 bits per heavy atom. The molecule has 3 fully saturated rings. The van der Waals surface area contributed by atoms with Gasteiger partial charge in [0.15, 0.2) is 6.61 Å². The molecule has 0 aromatic heterocycles. The molecule has 0 spiro atoms. The van der Waals surface area contributed by atoms with Gasteiger partial charge in [-0.1, -0.05) is 19.1 Å². The van der Waals surface area contributed by atoms with Crippen molar-refractivity contribution < 1.29 is 14.3 Å². The van der Waals surface area contributed by atoms with Crippen LogP contribution in [0, 0.1) is 17.8 Å². The van der Waals surface area contributed by atoms with Gasteiger partial charge in [0.05, 0.1) is 0 Å². The maximum absolute atomic E-state index is 12.3. The van der Waals surface area contributed by atoms with Gasteiger partial charge in [-0.2, -0.15) is 0 Å². The van der Waals surface area contributed by atoms with Crippen LogP contribution in [0.2, 0.25) is 0 Å². The molecular weight excluding hydrogens is 378 g/mol. The summed E-state index contributed by atoms with van der Waals surface area (Å²) in [6.07, 6.45) is 5.15. The van der Waals surface area contributed by atoms with E-state index in [-0.39, 0.29) is 18.4 Å². The minimum Gasteiger partial charge on any atom is -0.484 e. The average Bonchev–Trinajstić information content (AvgIpc) is 3.17. The Hall–Kier alpha value is -2.08. The Morgan fingerprint density at radius 1 is 1.17 bits per heavy atom. The Kier molecular flexibility index (Phi) is 6.61. The quantitative estimate of drug-likeness (QED) is 0.779. The highest BCUT2D eigenvalue weighted by molar-refractivity contribution is 5.78. The molecule has 6 heteroatoms. The third-order valence-corrected chi connectivity index (χ3v) is 7.30. The molecule has 2 aliphatic heterocycles. The van der Waals surface area contributed by atoms with Gasteiger partial charge in [-0.25, -0.2) is 0 Å². The highest BCUT2D eigenvalue weighted by atomic mass is 16.5. The number of likely N-dealkylation sites (tertiary alicyclic amines) is 1. The molecule has 1 aromatic rings. The monoisotopic (exact) mass is 413 g/mol.